The van der Waals surface area contributed by atoms with Gasteiger partial charge in [0, 0.05) is 27.7 Å². The Morgan fingerprint density at radius 2 is 0.987 bits per heavy atom. The molecule has 0 saturated carbocycles. The molecule has 4 fully saturated rings. The van der Waals surface area contributed by atoms with Crippen LogP contribution >= 0.6 is 0 Å². The topological polar surface area (TPSA) is 333 Å². The smallest absolute Gasteiger partial charge is 0.337 e. The first-order valence-corrected chi connectivity index (χ1v) is 23.4. The summed E-state index contributed by atoms with van der Waals surface area (Å²) in [5.41, 5.74) is 7.81. The van der Waals surface area contributed by atoms with Crippen LogP contribution in [0.4, 0.5) is 0 Å². The van der Waals surface area contributed by atoms with E-state index in [1.54, 1.807) is 56.3 Å². The van der Waals surface area contributed by atoms with Gasteiger partial charge in [0.05, 0.1) is 33.0 Å². The normalized spacial score (nSPS) is 29.7. The minimum atomic E-state index is -1.52. The van der Waals surface area contributed by atoms with Gasteiger partial charge in [-0.15, -0.1) is 0 Å². The SMILES string of the molecule is CC(=O)OC1[C@H](OC(C)=O)OC(C(N)=O)[C@@H](O)[C@H]1OCc1ccccc1.CC1(C)OC2[C@H](O[C@H]([C@@H](O)C#N)[C@H]2OCc2ccccc2)O1.COC(=O)C1O[C@@H](OC(C)=O)C(OC(C)=O)[C@H](OCc2ccccc2)[C@@H]1O. The van der Waals surface area contributed by atoms with Gasteiger partial charge in [-0.05, 0) is 30.5 Å². The van der Waals surface area contributed by atoms with Crippen molar-refractivity contribution in [1.82, 2.24) is 0 Å². The molecule has 0 aromatic heterocycles. The van der Waals surface area contributed by atoms with Crippen LogP contribution in [0.25, 0.3) is 0 Å². The van der Waals surface area contributed by atoms with E-state index >= 15 is 0 Å². The largest absolute Gasteiger partial charge is 0.467 e. The summed E-state index contributed by atoms with van der Waals surface area (Å²) in [6.45, 7) is 8.58. The fraction of sp³-hybridized carbons (Fsp3) is 0.510. The maximum Gasteiger partial charge on any atom is 0.337 e. The number of benzene rings is 3. The molecule has 4 aliphatic heterocycles. The quantitative estimate of drug-likeness (QED) is 0.0892. The van der Waals surface area contributed by atoms with Crippen molar-refractivity contribution in [2.45, 2.75) is 159 Å². The number of nitrogens with zero attached hydrogens (tertiary/aromatic N) is 1. The maximum atomic E-state index is 11.9. The lowest BCUT2D eigenvalue weighted by Gasteiger charge is -2.42. The minimum absolute atomic E-state index is 0.0542. The Morgan fingerprint density at radius 1 is 0.600 bits per heavy atom. The summed E-state index contributed by atoms with van der Waals surface area (Å²) in [5.74, 6) is -5.47. The molecule has 0 radical (unpaired) electrons. The first kappa shape index (κ1) is 59.4. The lowest BCUT2D eigenvalue weighted by atomic mass is 9.97. The molecule has 0 aliphatic carbocycles. The van der Waals surface area contributed by atoms with Crippen molar-refractivity contribution < 1.29 is 106 Å². The van der Waals surface area contributed by atoms with E-state index in [-0.39, 0.29) is 13.2 Å². The van der Waals surface area contributed by atoms with Gasteiger partial charge in [-0.3, -0.25) is 24.0 Å². The number of carbonyl (C=O) groups is 6. The lowest BCUT2D eigenvalue weighted by Crippen LogP contribution is -2.63. The van der Waals surface area contributed by atoms with Crippen LogP contribution in [0.3, 0.4) is 0 Å². The summed E-state index contributed by atoms with van der Waals surface area (Å²) < 4.78 is 69.8. The monoisotopic (exact) mass is 1050 g/mol. The van der Waals surface area contributed by atoms with E-state index in [1.165, 1.54) is 0 Å². The molecule has 4 saturated heterocycles. The Morgan fingerprint density at radius 3 is 1.36 bits per heavy atom. The third kappa shape index (κ3) is 17.0. The second-order valence-corrected chi connectivity index (χ2v) is 17.6. The molecule has 4 heterocycles. The highest BCUT2D eigenvalue weighted by Gasteiger charge is 2.58. The Hall–Kier alpha value is -6.47. The highest BCUT2D eigenvalue weighted by Crippen LogP contribution is 2.40. The molecule has 1 amide bonds. The van der Waals surface area contributed by atoms with Gasteiger partial charge in [-0.2, -0.15) is 5.26 Å². The van der Waals surface area contributed by atoms with Gasteiger partial charge in [-0.1, -0.05) is 91.0 Å². The number of aliphatic hydroxyl groups is 3. The van der Waals surface area contributed by atoms with Crippen LogP contribution in [0.2, 0.25) is 0 Å². The Labute approximate surface area is 431 Å². The number of amides is 1. The van der Waals surface area contributed by atoms with Crippen molar-refractivity contribution >= 4 is 35.8 Å². The van der Waals surface area contributed by atoms with Gasteiger partial charge in [0.1, 0.15) is 42.7 Å². The number of primary amides is 1. The molecule has 24 heteroatoms. The fourth-order valence-corrected chi connectivity index (χ4v) is 8.05. The van der Waals surface area contributed by atoms with Gasteiger partial charge in [0.2, 0.25) is 18.5 Å². The molecule has 4 aliphatic rings. The second-order valence-electron chi connectivity index (χ2n) is 17.6. The standard InChI is InChI=1S/C18H22O9.C17H21NO8.C16H19NO5/c1-10(19)25-16-14(24-9-12-7-5-4-6-8-12)13(21)15(17(22)23-3)27-18(16)26-11(2)20;1-9(19)24-15-13(23-8-11-6-4-3-5-7-11)12(21)14(16(18)22)26-17(15)25-10(2)20;1-16(2)21-14-13(19-9-10-6-4-3-5-7-10)12(11(18)8-17)20-15(14)22-16/h4-8,13-16,18,21H,9H2,1-3H3;3-7,12-15,17,21H,8H2,1-2H3,(H2,18,22);3-7,11-15,18H,9H2,1-2H3/t13-,14+,15?,16?,18+;12-,13+,14?,15?,17+;11-,12+,13+,14?,15+/m000/s1. The molecule has 0 bridgehead atoms. The Kier molecular flexibility index (Phi) is 22.1. The summed E-state index contributed by atoms with van der Waals surface area (Å²) in [4.78, 5) is 69.2. The van der Waals surface area contributed by atoms with Gasteiger partial charge in [0.25, 0.3) is 0 Å². The summed E-state index contributed by atoms with van der Waals surface area (Å²) in [6.07, 6.45) is -17.6. The number of nitrogens with two attached hydrogens (primary N) is 1. The van der Waals surface area contributed by atoms with Crippen LogP contribution in [0.15, 0.2) is 91.0 Å². The van der Waals surface area contributed by atoms with Gasteiger partial charge < -0.3 is 82.6 Å². The van der Waals surface area contributed by atoms with Crippen molar-refractivity contribution in [2.75, 3.05) is 7.11 Å². The van der Waals surface area contributed by atoms with Crippen molar-refractivity contribution in [3.63, 3.8) is 0 Å². The third-order valence-corrected chi connectivity index (χ3v) is 11.2. The molecule has 75 heavy (non-hydrogen) atoms. The van der Waals surface area contributed by atoms with Crippen molar-refractivity contribution in [3.8, 4) is 6.07 Å². The molecule has 3 aromatic rings. The molecule has 5 N–H and O–H groups in total. The predicted octanol–water partition coefficient (Wildman–Crippen LogP) is 1.30. The van der Waals surface area contributed by atoms with Crippen LogP contribution in [-0.2, 0) is 110 Å². The number of hydrogen-bond acceptors (Lipinski definition) is 23. The molecule has 24 nitrogen and oxygen atoms in total. The molecule has 15 atom stereocenters. The Balaban J connectivity index is 0.000000209. The maximum absolute atomic E-state index is 11.9. The van der Waals surface area contributed by atoms with Crippen molar-refractivity contribution in [3.05, 3.63) is 108 Å². The number of carbonyl (C=O) groups excluding carboxylic acids is 6. The van der Waals surface area contributed by atoms with Crippen LogP contribution in [0.5, 0.6) is 0 Å². The van der Waals surface area contributed by atoms with Gasteiger partial charge >= 0.3 is 29.8 Å². The molecule has 0 spiro atoms. The van der Waals surface area contributed by atoms with Gasteiger partial charge in [-0.25, -0.2) is 4.79 Å². The number of nitriles is 1. The highest BCUT2D eigenvalue weighted by molar-refractivity contribution is 5.80. The zero-order valence-corrected chi connectivity index (χ0v) is 42.1. The van der Waals surface area contributed by atoms with E-state index < -0.39 is 134 Å². The third-order valence-electron chi connectivity index (χ3n) is 11.2. The predicted molar refractivity (Wildman–Crippen MR) is 251 cm³/mol. The first-order chi connectivity index (χ1) is 35.6. The van der Waals surface area contributed by atoms with Crippen LogP contribution in [0, 0.1) is 11.3 Å². The summed E-state index contributed by atoms with van der Waals surface area (Å²) in [7, 11) is 1.12. The van der Waals surface area contributed by atoms with Crippen LogP contribution in [-0.4, -0.2) is 156 Å². The Bertz CT molecular complexity index is 2390. The average molecular weight is 1060 g/mol. The van der Waals surface area contributed by atoms with E-state index in [2.05, 4.69) is 4.74 Å². The number of aliphatic hydroxyl groups excluding tert-OH is 3. The summed E-state index contributed by atoms with van der Waals surface area (Å²) in [6, 6.07) is 29.5. The molecule has 5 unspecified atom stereocenters. The van der Waals surface area contributed by atoms with Crippen LogP contribution in [0.1, 0.15) is 58.2 Å². The van der Waals surface area contributed by atoms with E-state index in [4.69, 9.17) is 67.8 Å². The summed E-state index contributed by atoms with van der Waals surface area (Å²) in [5, 5.41) is 39.8. The highest BCUT2D eigenvalue weighted by atomic mass is 16.8. The van der Waals surface area contributed by atoms with Gasteiger partial charge in [0.15, 0.2) is 42.6 Å². The second kappa shape index (κ2) is 27.9. The van der Waals surface area contributed by atoms with E-state index in [0.29, 0.717) is 6.61 Å². The minimum Gasteiger partial charge on any atom is -0.467 e. The van der Waals surface area contributed by atoms with E-state index in [0.717, 1.165) is 51.5 Å². The fourth-order valence-electron chi connectivity index (χ4n) is 8.05. The lowest BCUT2D eigenvalue weighted by molar-refractivity contribution is -0.297. The zero-order chi connectivity index (χ0) is 55.0. The summed E-state index contributed by atoms with van der Waals surface area (Å²) >= 11 is 0. The molecule has 3 aromatic carbocycles. The number of fused-ring (bicyclic) bond motifs is 1. The van der Waals surface area contributed by atoms with Crippen molar-refractivity contribution in [2.24, 2.45) is 5.73 Å². The molecular weight excluding hydrogens is 993 g/mol. The zero-order valence-electron chi connectivity index (χ0n) is 42.1. The molecule has 7 rings (SSSR count). The van der Waals surface area contributed by atoms with Crippen LogP contribution < -0.4 is 5.73 Å². The first-order valence-electron chi connectivity index (χ1n) is 23.4. The number of hydrogen-bond donors (Lipinski definition) is 4. The number of rotatable bonds is 16. The number of methoxy groups -OCH3 is 1. The van der Waals surface area contributed by atoms with E-state index in [9.17, 15) is 44.1 Å². The number of esters is 5. The van der Waals surface area contributed by atoms with Crippen molar-refractivity contribution in [1.29, 1.82) is 5.26 Å². The number of ether oxygens (including phenoxy) is 13. The molecule has 408 valence electrons. The van der Waals surface area contributed by atoms with E-state index in [1.807, 2.05) is 54.6 Å². The molecular formula is C51H62N2O22. The average Bonchev–Trinajstić information content (AvgIpc) is 3.85.